The molecule has 142 valence electrons. The molecule has 1 aromatic heterocycles. The lowest BCUT2D eigenvalue weighted by atomic mass is 10.0. The minimum Gasteiger partial charge on any atom is -0.317 e. The van der Waals surface area contributed by atoms with Crippen LogP contribution >= 0.6 is 23.2 Å². The molecule has 0 saturated carbocycles. The molecule has 0 aliphatic heterocycles. The molecule has 2 aromatic carbocycles. The van der Waals surface area contributed by atoms with Gasteiger partial charge in [-0.05, 0) is 68.2 Å². The molecule has 0 saturated heterocycles. The van der Waals surface area contributed by atoms with Crippen LogP contribution in [0, 0.1) is 32.1 Å². The summed E-state index contributed by atoms with van der Waals surface area (Å²) in [4.78, 5) is 0. The zero-order valence-electron chi connectivity index (χ0n) is 16.5. The Morgan fingerprint density at radius 1 is 1.11 bits per heavy atom. The van der Waals surface area contributed by atoms with Crippen molar-refractivity contribution in [2.24, 2.45) is 0 Å². The van der Waals surface area contributed by atoms with E-state index in [-0.39, 0.29) is 0 Å². The van der Waals surface area contributed by atoms with Crippen LogP contribution < -0.4 is 0 Å². The number of allylic oxidation sites excluding steroid dienone is 1. The molecular formula is C24H22Cl2N2. The molecule has 0 bridgehead atoms. The average molecular weight is 409 g/mol. The first kappa shape index (κ1) is 20.3. The lowest BCUT2D eigenvalue weighted by Gasteiger charge is -2.17. The first-order valence-electron chi connectivity index (χ1n) is 9.22. The van der Waals surface area contributed by atoms with Gasteiger partial charge in [-0.2, -0.15) is 5.26 Å². The second-order valence-electron chi connectivity index (χ2n) is 6.89. The number of nitriles is 1. The summed E-state index contributed by atoms with van der Waals surface area (Å²) in [5.41, 5.74) is 8.20. The van der Waals surface area contributed by atoms with Crippen molar-refractivity contribution in [2.75, 3.05) is 0 Å². The molecule has 1 heterocycles. The molecular weight excluding hydrogens is 387 g/mol. The molecule has 0 unspecified atom stereocenters. The Labute approximate surface area is 176 Å². The zero-order valence-corrected chi connectivity index (χ0v) is 18.0. The molecule has 0 aliphatic rings. The predicted molar refractivity (Wildman–Crippen MR) is 119 cm³/mol. The molecule has 3 aromatic rings. The molecule has 28 heavy (non-hydrogen) atoms. The maximum absolute atomic E-state index is 9.73. The summed E-state index contributed by atoms with van der Waals surface area (Å²) in [6.45, 7) is 8.49. The van der Waals surface area contributed by atoms with Gasteiger partial charge in [-0.3, -0.25) is 0 Å². The van der Waals surface area contributed by atoms with E-state index >= 15 is 0 Å². The average Bonchev–Trinajstić information content (AvgIpc) is 2.93. The lowest BCUT2D eigenvalue weighted by Crippen LogP contribution is -2.05. The summed E-state index contributed by atoms with van der Waals surface area (Å²) >= 11 is 12.3. The van der Waals surface area contributed by atoms with Gasteiger partial charge in [0.25, 0.3) is 0 Å². The SMILES string of the molecule is CCc1cccc(C)c1-n1c(C)cc(/C=C(/C#N)c2ccc(Cl)cc2Cl)c1C. The molecule has 0 N–H and O–H groups in total. The van der Waals surface area contributed by atoms with E-state index in [2.05, 4.69) is 62.6 Å². The molecule has 4 heteroatoms. The van der Waals surface area contributed by atoms with Crippen LogP contribution in [0.15, 0.2) is 42.5 Å². The Kier molecular flexibility index (Phi) is 5.98. The van der Waals surface area contributed by atoms with Crippen LogP contribution in [0.4, 0.5) is 0 Å². The van der Waals surface area contributed by atoms with Crippen LogP contribution in [0.1, 0.15) is 40.6 Å². The molecule has 0 spiro atoms. The van der Waals surface area contributed by atoms with Gasteiger partial charge in [0, 0.05) is 22.0 Å². The van der Waals surface area contributed by atoms with E-state index < -0.39 is 0 Å². The van der Waals surface area contributed by atoms with Crippen LogP contribution in [0.2, 0.25) is 10.0 Å². The molecule has 0 atom stereocenters. The first-order chi connectivity index (χ1) is 13.4. The van der Waals surface area contributed by atoms with Gasteiger partial charge in [0.15, 0.2) is 0 Å². The summed E-state index contributed by atoms with van der Waals surface area (Å²) in [5, 5.41) is 10.8. The van der Waals surface area contributed by atoms with Crippen molar-refractivity contribution in [1.29, 1.82) is 5.26 Å². The van der Waals surface area contributed by atoms with Gasteiger partial charge in [-0.25, -0.2) is 0 Å². The number of aryl methyl sites for hydroxylation is 3. The van der Waals surface area contributed by atoms with Crippen molar-refractivity contribution in [1.82, 2.24) is 4.57 Å². The predicted octanol–water partition coefficient (Wildman–Crippen LogP) is 7.34. The van der Waals surface area contributed by atoms with Crippen LogP contribution in [-0.2, 0) is 6.42 Å². The maximum Gasteiger partial charge on any atom is 0.0998 e. The summed E-state index contributed by atoms with van der Waals surface area (Å²) in [7, 11) is 0. The summed E-state index contributed by atoms with van der Waals surface area (Å²) in [5.74, 6) is 0. The molecule has 3 rings (SSSR count). The number of hydrogen-bond acceptors (Lipinski definition) is 1. The Morgan fingerprint density at radius 3 is 2.50 bits per heavy atom. The quantitative estimate of drug-likeness (QED) is 0.415. The lowest BCUT2D eigenvalue weighted by molar-refractivity contribution is 0.925. The van der Waals surface area contributed by atoms with E-state index in [4.69, 9.17) is 23.2 Å². The molecule has 0 aliphatic carbocycles. The fourth-order valence-corrected chi connectivity index (χ4v) is 4.15. The van der Waals surface area contributed by atoms with Gasteiger partial charge >= 0.3 is 0 Å². The van der Waals surface area contributed by atoms with Crippen molar-refractivity contribution < 1.29 is 0 Å². The third-order valence-corrected chi connectivity index (χ3v) is 5.59. The number of hydrogen-bond donors (Lipinski definition) is 0. The number of rotatable bonds is 4. The smallest absolute Gasteiger partial charge is 0.0998 e. The van der Waals surface area contributed by atoms with Crippen LogP contribution in [0.3, 0.4) is 0 Å². The number of benzene rings is 2. The number of para-hydroxylation sites is 1. The third kappa shape index (κ3) is 3.74. The summed E-state index contributed by atoms with van der Waals surface area (Å²) in [6, 6.07) is 16.0. The first-order valence-corrected chi connectivity index (χ1v) is 9.98. The highest BCUT2D eigenvalue weighted by Crippen LogP contribution is 2.31. The van der Waals surface area contributed by atoms with Gasteiger partial charge in [0.05, 0.1) is 22.4 Å². The van der Waals surface area contributed by atoms with Crippen LogP contribution in [-0.4, -0.2) is 4.57 Å². The van der Waals surface area contributed by atoms with E-state index in [0.29, 0.717) is 21.2 Å². The zero-order chi connectivity index (χ0) is 20.4. The van der Waals surface area contributed by atoms with Gasteiger partial charge in [-0.1, -0.05) is 54.4 Å². The number of halogens is 2. The highest BCUT2D eigenvalue weighted by atomic mass is 35.5. The fraction of sp³-hybridized carbons (Fsp3) is 0.208. The van der Waals surface area contributed by atoms with Crippen molar-refractivity contribution in [3.05, 3.63) is 86.2 Å². The minimum atomic E-state index is 0.473. The van der Waals surface area contributed by atoms with E-state index in [1.165, 1.54) is 16.8 Å². The van der Waals surface area contributed by atoms with Crippen molar-refractivity contribution in [3.8, 4) is 11.8 Å². The van der Waals surface area contributed by atoms with Crippen molar-refractivity contribution in [3.63, 3.8) is 0 Å². The highest BCUT2D eigenvalue weighted by Gasteiger charge is 2.15. The molecule has 0 radical (unpaired) electrons. The van der Waals surface area contributed by atoms with Gasteiger partial charge < -0.3 is 4.57 Å². The Morgan fingerprint density at radius 2 is 1.86 bits per heavy atom. The van der Waals surface area contributed by atoms with E-state index in [1.54, 1.807) is 18.2 Å². The van der Waals surface area contributed by atoms with Gasteiger partial charge in [-0.15, -0.1) is 0 Å². The normalized spacial score (nSPS) is 11.5. The van der Waals surface area contributed by atoms with Crippen molar-refractivity contribution >= 4 is 34.9 Å². The number of aromatic nitrogens is 1. The molecule has 2 nitrogen and oxygen atoms in total. The summed E-state index contributed by atoms with van der Waals surface area (Å²) in [6.07, 6.45) is 2.86. The van der Waals surface area contributed by atoms with Crippen LogP contribution in [0.5, 0.6) is 0 Å². The maximum atomic E-state index is 9.73. The second kappa shape index (κ2) is 8.27. The standard InChI is InChI=1S/C24H22Cl2N2/c1-5-18-8-6-7-15(2)24(18)28-16(3)11-19(17(28)4)12-20(14-27)22-10-9-21(25)13-23(22)26/h6-13H,5H2,1-4H3/b20-12-. The van der Waals surface area contributed by atoms with E-state index in [0.717, 1.165) is 23.4 Å². The monoisotopic (exact) mass is 408 g/mol. The largest absolute Gasteiger partial charge is 0.317 e. The van der Waals surface area contributed by atoms with Gasteiger partial charge in [0.2, 0.25) is 0 Å². The number of nitrogens with zero attached hydrogens (tertiary/aromatic N) is 2. The van der Waals surface area contributed by atoms with Gasteiger partial charge in [0.1, 0.15) is 0 Å². The Bertz CT molecular complexity index is 1110. The van der Waals surface area contributed by atoms with E-state index in [1.807, 2.05) is 6.08 Å². The van der Waals surface area contributed by atoms with Crippen LogP contribution in [0.25, 0.3) is 17.3 Å². The second-order valence-corrected chi connectivity index (χ2v) is 7.74. The Hall–Kier alpha value is -2.47. The molecule has 0 amide bonds. The van der Waals surface area contributed by atoms with Crippen molar-refractivity contribution in [2.45, 2.75) is 34.1 Å². The summed E-state index contributed by atoms with van der Waals surface area (Å²) < 4.78 is 2.28. The molecule has 0 fully saturated rings. The van der Waals surface area contributed by atoms with E-state index in [9.17, 15) is 5.26 Å². The topological polar surface area (TPSA) is 28.7 Å². The minimum absolute atomic E-state index is 0.473. The fourth-order valence-electron chi connectivity index (χ4n) is 3.64. The Balaban J connectivity index is 2.17. The highest BCUT2D eigenvalue weighted by molar-refractivity contribution is 6.36. The third-order valence-electron chi connectivity index (χ3n) is 5.04.